The number of fused-ring (bicyclic) bond motifs is 1. The summed E-state index contributed by atoms with van der Waals surface area (Å²) >= 11 is 7.42. The minimum absolute atomic E-state index is 0.331. The average molecular weight is 380 g/mol. The van der Waals surface area contributed by atoms with Crippen LogP contribution in [0.1, 0.15) is 9.67 Å². The van der Waals surface area contributed by atoms with Gasteiger partial charge in [-0.2, -0.15) is 0 Å². The highest BCUT2D eigenvalue weighted by Gasteiger charge is 2.17. The highest BCUT2D eigenvalue weighted by atomic mass is 35.5. The summed E-state index contributed by atoms with van der Waals surface area (Å²) in [6.07, 6.45) is 0. The number of anilines is 1. The Labute approximate surface area is 153 Å². The molecule has 0 radical (unpaired) electrons. The molecule has 0 aliphatic heterocycles. The molecule has 1 amide bonds. The molecular weight excluding hydrogens is 365 g/mol. The topological polar surface area (TPSA) is 47.6 Å². The zero-order valence-corrected chi connectivity index (χ0v) is 14.9. The summed E-state index contributed by atoms with van der Waals surface area (Å²) in [5.41, 5.74) is 0.615. The summed E-state index contributed by atoms with van der Waals surface area (Å²) in [6, 6.07) is 11.3. The Bertz CT molecular complexity index is 895. The van der Waals surface area contributed by atoms with Gasteiger partial charge in [0.1, 0.15) is 23.1 Å². The molecule has 1 heterocycles. The molecule has 0 bridgehead atoms. The van der Waals surface area contributed by atoms with E-state index in [-0.39, 0.29) is 11.7 Å². The third kappa shape index (κ3) is 4.10. The van der Waals surface area contributed by atoms with Crippen LogP contribution in [0.25, 0.3) is 10.1 Å². The van der Waals surface area contributed by atoms with Crippen LogP contribution in [0, 0.1) is 5.82 Å². The maximum atomic E-state index is 13.3. The van der Waals surface area contributed by atoms with Crippen molar-refractivity contribution in [3.05, 3.63) is 58.2 Å². The van der Waals surface area contributed by atoms with Crippen molar-refractivity contribution in [3.8, 4) is 5.75 Å². The molecule has 0 aliphatic rings. The lowest BCUT2D eigenvalue weighted by Gasteiger charge is -2.07. The van der Waals surface area contributed by atoms with Crippen LogP contribution in [0.15, 0.2) is 42.5 Å². The molecule has 3 rings (SSSR count). The summed E-state index contributed by atoms with van der Waals surface area (Å²) in [7, 11) is 1.61. The van der Waals surface area contributed by atoms with Gasteiger partial charge < -0.3 is 14.8 Å². The standard InChI is InChI=1S/C18H15ClFNO3S/c1-23-8-9-24-13-5-3-12(4-6-13)21-18(22)17-16(19)14-7-2-11(20)10-15(14)25-17/h2-7,10H,8-9H2,1H3,(H,21,22). The van der Waals surface area contributed by atoms with Gasteiger partial charge in [-0.05, 0) is 42.5 Å². The maximum absolute atomic E-state index is 13.3. The van der Waals surface area contributed by atoms with Gasteiger partial charge in [0.15, 0.2) is 0 Å². The van der Waals surface area contributed by atoms with E-state index in [9.17, 15) is 9.18 Å². The Hall–Kier alpha value is -2.15. The SMILES string of the molecule is COCCOc1ccc(NC(=O)c2sc3cc(F)ccc3c2Cl)cc1. The van der Waals surface area contributed by atoms with Gasteiger partial charge in [0.2, 0.25) is 0 Å². The van der Waals surface area contributed by atoms with Crippen LogP contribution < -0.4 is 10.1 Å². The molecule has 2 aromatic carbocycles. The number of benzene rings is 2. The van der Waals surface area contributed by atoms with E-state index < -0.39 is 0 Å². The third-order valence-electron chi connectivity index (χ3n) is 3.47. The van der Waals surface area contributed by atoms with Gasteiger partial charge in [-0.15, -0.1) is 11.3 Å². The van der Waals surface area contributed by atoms with Crippen LogP contribution in [0.3, 0.4) is 0 Å². The monoisotopic (exact) mass is 379 g/mol. The van der Waals surface area contributed by atoms with Crippen molar-refractivity contribution < 1.29 is 18.7 Å². The largest absolute Gasteiger partial charge is 0.491 e. The Balaban J connectivity index is 1.73. The molecule has 0 unspecified atom stereocenters. The number of hydrogen-bond acceptors (Lipinski definition) is 4. The van der Waals surface area contributed by atoms with Gasteiger partial charge in [0.25, 0.3) is 5.91 Å². The molecule has 0 atom stereocenters. The second-order valence-corrected chi connectivity index (χ2v) is 6.64. The number of carbonyl (C=O) groups is 1. The Morgan fingerprint density at radius 3 is 2.68 bits per heavy atom. The van der Waals surface area contributed by atoms with Crippen LogP contribution in [0.4, 0.5) is 10.1 Å². The van der Waals surface area contributed by atoms with E-state index in [0.717, 1.165) is 11.3 Å². The number of hydrogen-bond donors (Lipinski definition) is 1. The summed E-state index contributed by atoms with van der Waals surface area (Å²) < 4.78 is 24.3. The van der Waals surface area contributed by atoms with Gasteiger partial charge in [0.05, 0.1) is 11.6 Å². The van der Waals surface area contributed by atoms with E-state index in [1.54, 1.807) is 37.4 Å². The van der Waals surface area contributed by atoms with Crippen LogP contribution >= 0.6 is 22.9 Å². The molecule has 1 N–H and O–H groups in total. The first-order valence-corrected chi connectivity index (χ1v) is 8.68. The second kappa shape index (κ2) is 7.82. The van der Waals surface area contributed by atoms with Crippen molar-refractivity contribution in [2.75, 3.05) is 25.6 Å². The molecule has 0 saturated heterocycles. The number of thiophene rings is 1. The van der Waals surface area contributed by atoms with Gasteiger partial charge in [-0.1, -0.05) is 11.6 Å². The van der Waals surface area contributed by atoms with E-state index in [0.29, 0.717) is 44.6 Å². The molecule has 1 aromatic heterocycles. The van der Waals surface area contributed by atoms with Crippen molar-refractivity contribution >= 4 is 44.6 Å². The fourth-order valence-corrected chi connectivity index (χ4v) is 3.69. The first-order chi connectivity index (χ1) is 12.1. The van der Waals surface area contributed by atoms with Crippen molar-refractivity contribution in [1.82, 2.24) is 0 Å². The zero-order valence-electron chi connectivity index (χ0n) is 13.3. The summed E-state index contributed by atoms with van der Waals surface area (Å²) in [5, 5.41) is 3.78. The Morgan fingerprint density at radius 1 is 1.20 bits per heavy atom. The number of amides is 1. The van der Waals surface area contributed by atoms with Crippen molar-refractivity contribution in [2.24, 2.45) is 0 Å². The smallest absolute Gasteiger partial charge is 0.267 e. The van der Waals surface area contributed by atoms with Crippen molar-refractivity contribution in [2.45, 2.75) is 0 Å². The molecule has 7 heteroatoms. The van der Waals surface area contributed by atoms with E-state index in [4.69, 9.17) is 21.1 Å². The van der Waals surface area contributed by atoms with Crippen LogP contribution in [0.5, 0.6) is 5.75 Å². The van der Waals surface area contributed by atoms with E-state index >= 15 is 0 Å². The number of halogens is 2. The molecule has 3 aromatic rings. The first-order valence-electron chi connectivity index (χ1n) is 7.49. The van der Waals surface area contributed by atoms with E-state index in [1.165, 1.54) is 12.1 Å². The van der Waals surface area contributed by atoms with Crippen molar-refractivity contribution in [1.29, 1.82) is 0 Å². The number of nitrogens with one attached hydrogen (secondary N) is 1. The fourth-order valence-electron chi connectivity index (χ4n) is 2.25. The quantitative estimate of drug-likeness (QED) is 0.615. The van der Waals surface area contributed by atoms with Gasteiger partial charge >= 0.3 is 0 Å². The number of carbonyl (C=O) groups excluding carboxylic acids is 1. The zero-order chi connectivity index (χ0) is 17.8. The lowest BCUT2D eigenvalue weighted by molar-refractivity contribution is 0.103. The highest BCUT2D eigenvalue weighted by Crippen LogP contribution is 2.36. The normalized spacial score (nSPS) is 10.8. The molecule has 130 valence electrons. The van der Waals surface area contributed by atoms with Crippen LogP contribution in [0.2, 0.25) is 5.02 Å². The molecular formula is C18H15ClFNO3S. The predicted octanol–water partition coefficient (Wildman–Crippen LogP) is 4.97. The molecule has 4 nitrogen and oxygen atoms in total. The number of methoxy groups -OCH3 is 1. The van der Waals surface area contributed by atoms with Gasteiger partial charge in [-0.25, -0.2) is 4.39 Å². The summed E-state index contributed by atoms with van der Waals surface area (Å²) in [6.45, 7) is 0.958. The number of rotatable bonds is 6. The van der Waals surface area contributed by atoms with Gasteiger partial charge in [-0.3, -0.25) is 4.79 Å². The van der Waals surface area contributed by atoms with Crippen LogP contribution in [-0.4, -0.2) is 26.2 Å². The van der Waals surface area contributed by atoms with E-state index in [1.807, 2.05) is 0 Å². The van der Waals surface area contributed by atoms with Crippen molar-refractivity contribution in [3.63, 3.8) is 0 Å². The minimum Gasteiger partial charge on any atom is -0.491 e. The molecule has 0 saturated carbocycles. The molecule has 0 fully saturated rings. The lowest BCUT2D eigenvalue weighted by atomic mass is 10.2. The molecule has 0 aliphatic carbocycles. The predicted molar refractivity (Wildman–Crippen MR) is 98.6 cm³/mol. The first kappa shape index (κ1) is 17.7. The number of ether oxygens (including phenoxy) is 2. The third-order valence-corrected chi connectivity index (χ3v) is 5.12. The Morgan fingerprint density at radius 2 is 1.96 bits per heavy atom. The summed E-state index contributed by atoms with van der Waals surface area (Å²) in [4.78, 5) is 12.8. The molecule has 25 heavy (non-hydrogen) atoms. The van der Waals surface area contributed by atoms with Crippen LogP contribution in [-0.2, 0) is 4.74 Å². The summed E-state index contributed by atoms with van der Waals surface area (Å²) in [5.74, 6) is -0.00786. The average Bonchev–Trinajstić information content (AvgIpc) is 2.93. The van der Waals surface area contributed by atoms with E-state index in [2.05, 4.69) is 5.32 Å². The maximum Gasteiger partial charge on any atom is 0.267 e. The Kier molecular flexibility index (Phi) is 5.53. The fraction of sp³-hybridized carbons (Fsp3) is 0.167. The second-order valence-electron chi connectivity index (χ2n) is 5.21. The lowest BCUT2D eigenvalue weighted by Crippen LogP contribution is -2.10. The highest BCUT2D eigenvalue weighted by molar-refractivity contribution is 7.21. The molecule has 0 spiro atoms. The van der Waals surface area contributed by atoms with Gasteiger partial charge in [0, 0.05) is 22.9 Å². The minimum atomic E-state index is -0.360.